The number of benzene rings is 2. The van der Waals surface area contributed by atoms with E-state index in [1.165, 1.54) is 30.0 Å². The summed E-state index contributed by atoms with van der Waals surface area (Å²) in [6, 6.07) is 11.4. The zero-order chi connectivity index (χ0) is 13.8. The first-order valence-corrected chi connectivity index (χ1v) is 6.83. The molecule has 0 unspecified atom stereocenters. The highest BCUT2D eigenvalue weighted by Crippen LogP contribution is 2.22. The number of thioether (sulfide) groups is 1. The molecule has 0 aliphatic heterocycles. The van der Waals surface area contributed by atoms with Gasteiger partial charge in [0, 0.05) is 10.6 Å². The highest BCUT2D eigenvalue weighted by atomic mass is 32.2. The van der Waals surface area contributed by atoms with E-state index in [0.29, 0.717) is 11.3 Å². The largest absolute Gasteiger partial charge is 0.396 e. The van der Waals surface area contributed by atoms with E-state index in [2.05, 4.69) is 5.32 Å². The predicted octanol–water partition coefficient (Wildman–Crippen LogP) is 3.38. The topological polar surface area (TPSA) is 55.1 Å². The molecule has 5 heteroatoms. The lowest BCUT2D eigenvalue weighted by atomic mass is 10.2. The Morgan fingerprint density at radius 1 is 1.26 bits per heavy atom. The van der Waals surface area contributed by atoms with Crippen LogP contribution in [0.2, 0.25) is 0 Å². The number of halogens is 1. The number of nitrogens with one attached hydrogen (secondary N) is 1. The minimum atomic E-state index is -0.498. The average Bonchev–Trinajstić information content (AvgIpc) is 2.43. The van der Waals surface area contributed by atoms with Crippen molar-refractivity contribution in [2.24, 2.45) is 0 Å². The van der Waals surface area contributed by atoms with Crippen molar-refractivity contribution in [3.63, 3.8) is 0 Å². The molecular weight excluding hydrogens is 263 g/mol. The summed E-state index contributed by atoms with van der Waals surface area (Å²) >= 11 is 1.49. The SMILES string of the molecule is CSc1ccccc1C(=O)Nc1ccc(F)c(N)c1. The van der Waals surface area contributed by atoms with Gasteiger partial charge in [0.05, 0.1) is 11.3 Å². The second-order valence-electron chi connectivity index (χ2n) is 3.89. The Bertz CT molecular complexity index is 616. The number of carbonyl (C=O) groups is 1. The van der Waals surface area contributed by atoms with Gasteiger partial charge in [0.15, 0.2) is 0 Å². The van der Waals surface area contributed by atoms with Crippen LogP contribution >= 0.6 is 11.8 Å². The van der Waals surface area contributed by atoms with Crippen molar-refractivity contribution in [2.45, 2.75) is 4.90 Å². The van der Waals surface area contributed by atoms with Gasteiger partial charge in [0.2, 0.25) is 0 Å². The van der Waals surface area contributed by atoms with E-state index in [1.54, 1.807) is 12.1 Å². The molecule has 0 bridgehead atoms. The van der Waals surface area contributed by atoms with Gasteiger partial charge >= 0.3 is 0 Å². The fraction of sp³-hybridized carbons (Fsp3) is 0.0714. The van der Waals surface area contributed by atoms with Crippen LogP contribution in [0.15, 0.2) is 47.4 Å². The average molecular weight is 276 g/mol. The van der Waals surface area contributed by atoms with Gasteiger partial charge in [-0.05, 0) is 36.6 Å². The maximum absolute atomic E-state index is 13.0. The highest BCUT2D eigenvalue weighted by Gasteiger charge is 2.11. The van der Waals surface area contributed by atoms with Crippen LogP contribution < -0.4 is 11.1 Å². The maximum atomic E-state index is 13.0. The van der Waals surface area contributed by atoms with Crippen LogP contribution in [0.25, 0.3) is 0 Å². The first-order chi connectivity index (χ1) is 9.11. The Kier molecular flexibility index (Phi) is 4.06. The van der Waals surface area contributed by atoms with E-state index < -0.39 is 5.82 Å². The molecule has 2 aromatic carbocycles. The van der Waals surface area contributed by atoms with Gasteiger partial charge in [-0.15, -0.1) is 11.8 Å². The number of amides is 1. The molecule has 0 radical (unpaired) electrons. The number of carbonyl (C=O) groups excluding carboxylic acids is 1. The molecule has 0 aliphatic carbocycles. The lowest BCUT2D eigenvalue weighted by Gasteiger charge is -2.09. The smallest absolute Gasteiger partial charge is 0.256 e. The summed E-state index contributed by atoms with van der Waals surface area (Å²) in [7, 11) is 0. The third-order valence-electron chi connectivity index (χ3n) is 2.61. The summed E-state index contributed by atoms with van der Waals surface area (Å²) in [5.41, 5.74) is 6.52. The lowest BCUT2D eigenvalue weighted by Crippen LogP contribution is -2.13. The number of hydrogen-bond acceptors (Lipinski definition) is 3. The van der Waals surface area contributed by atoms with Crippen molar-refractivity contribution in [3.05, 3.63) is 53.8 Å². The molecule has 0 saturated carbocycles. The molecule has 1 amide bonds. The van der Waals surface area contributed by atoms with E-state index >= 15 is 0 Å². The molecule has 0 fully saturated rings. The van der Waals surface area contributed by atoms with Crippen LogP contribution in [0.3, 0.4) is 0 Å². The van der Waals surface area contributed by atoms with Crippen LogP contribution in [0, 0.1) is 5.82 Å². The van der Waals surface area contributed by atoms with Crippen LogP contribution in [-0.2, 0) is 0 Å². The Labute approximate surface area is 115 Å². The molecule has 19 heavy (non-hydrogen) atoms. The van der Waals surface area contributed by atoms with E-state index in [-0.39, 0.29) is 11.6 Å². The third-order valence-corrected chi connectivity index (χ3v) is 3.40. The van der Waals surface area contributed by atoms with Gasteiger partial charge in [0.1, 0.15) is 5.82 Å². The third kappa shape index (κ3) is 3.06. The highest BCUT2D eigenvalue weighted by molar-refractivity contribution is 7.98. The number of rotatable bonds is 3. The number of nitrogens with two attached hydrogens (primary N) is 1. The van der Waals surface area contributed by atoms with Crippen molar-refractivity contribution >= 4 is 29.0 Å². The number of nitrogen functional groups attached to an aromatic ring is 1. The molecule has 0 saturated heterocycles. The number of hydrogen-bond donors (Lipinski definition) is 2. The summed E-state index contributed by atoms with van der Waals surface area (Å²) in [5, 5.41) is 2.70. The van der Waals surface area contributed by atoms with Crippen molar-refractivity contribution in [3.8, 4) is 0 Å². The van der Waals surface area contributed by atoms with Gasteiger partial charge in [-0.1, -0.05) is 12.1 Å². The van der Waals surface area contributed by atoms with Crippen LogP contribution in [0.5, 0.6) is 0 Å². The molecule has 2 aromatic rings. The normalized spacial score (nSPS) is 10.2. The quantitative estimate of drug-likeness (QED) is 0.667. The maximum Gasteiger partial charge on any atom is 0.256 e. The zero-order valence-corrected chi connectivity index (χ0v) is 11.1. The first-order valence-electron chi connectivity index (χ1n) is 5.61. The van der Waals surface area contributed by atoms with Gasteiger partial charge in [-0.25, -0.2) is 4.39 Å². The van der Waals surface area contributed by atoms with Gasteiger partial charge in [-0.3, -0.25) is 4.79 Å². The molecule has 0 aromatic heterocycles. The zero-order valence-electron chi connectivity index (χ0n) is 10.3. The van der Waals surface area contributed by atoms with Gasteiger partial charge < -0.3 is 11.1 Å². The molecule has 0 spiro atoms. The summed E-state index contributed by atoms with van der Waals surface area (Å²) in [4.78, 5) is 13.0. The van der Waals surface area contributed by atoms with E-state index in [0.717, 1.165) is 4.90 Å². The Hall–Kier alpha value is -2.01. The van der Waals surface area contributed by atoms with Crippen LogP contribution in [0.1, 0.15) is 10.4 Å². The molecule has 0 heterocycles. The van der Waals surface area contributed by atoms with Crippen LogP contribution in [-0.4, -0.2) is 12.2 Å². The first kappa shape index (κ1) is 13.4. The summed E-state index contributed by atoms with van der Waals surface area (Å²) in [6.07, 6.45) is 1.90. The summed E-state index contributed by atoms with van der Waals surface area (Å²) in [6.45, 7) is 0. The van der Waals surface area contributed by atoms with Crippen molar-refractivity contribution in [1.29, 1.82) is 0 Å². The van der Waals surface area contributed by atoms with E-state index in [1.807, 2.05) is 18.4 Å². The van der Waals surface area contributed by atoms with Crippen molar-refractivity contribution in [2.75, 3.05) is 17.3 Å². The number of anilines is 2. The fourth-order valence-electron chi connectivity index (χ4n) is 1.65. The predicted molar refractivity (Wildman–Crippen MR) is 77.0 cm³/mol. The second-order valence-corrected chi connectivity index (χ2v) is 4.74. The molecule has 2 rings (SSSR count). The monoisotopic (exact) mass is 276 g/mol. The molecule has 3 nitrogen and oxygen atoms in total. The second kappa shape index (κ2) is 5.75. The summed E-state index contributed by atoms with van der Waals surface area (Å²) in [5.74, 6) is -0.738. The molecule has 0 atom stereocenters. The molecule has 3 N–H and O–H groups in total. The molecular formula is C14H13FN2OS. The minimum Gasteiger partial charge on any atom is -0.396 e. The molecule has 0 aliphatic rings. The summed E-state index contributed by atoms with van der Waals surface area (Å²) < 4.78 is 13.0. The Morgan fingerprint density at radius 2 is 2.00 bits per heavy atom. The standard InChI is InChI=1S/C14H13FN2OS/c1-19-13-5-3-2-4-10(13)14(18)17-9-6-7-11(15)12(16)8-9/h2-8H,16H2,1H3,(H,17,18). The Morgan fingerprint density at radius 3 is 2.68 bits per heavy atom. The molecule has 98 valence electrons. The lowest BCUT2D eigenvalue weighted by molar-refractivity contribution is 0.102. The van der Waals surface area contributed by atoms with Crippen molar-refractivity contribution in [1.82, 2.24) is 0 Å². The van der Waals surface area contributed by atoms with E-state index in [4.69, 9.17) is 5.73 Å². The fourth-order valence-corrected chi connectivity index (χ4v) is 2.25. The van der Waals surface area contributed by atoms with Crippen LogP contribution in [0.4, 0.5) is 15.8 Å². The van der Waals surface area contributed by atoms with Gasteiger partial charge in [-0.2, -0.15) is 0 Å². The Balaban J connectivity index is 2.23. The van der Waals surface area contributed by atoms with Gasteiger partial charge in [0.25, 0.3) is 5.91 Å². The van der Waals surface area contributed by atoms with E-state index in [9.17, 15) is 9.18 Å². The van der Waals surface area contributed by atoms with Crippen molar-refractivity contribution < 1.29 is 9.18 Å². The minimum absolute atomic E-state index is 0.0101.